The molecule has 4 rings (SSSR count). The zero-order valence-electron chi connectivity index (χ0n) is 17.0. The molecule has 0 amide bonds. The minimum absolute atomic E-state index is 0.0832. The number of rotatable bonds is 6. The molecule has 0 saturated carbocycles. The van der Waals surface area contributed by atoms with Gasteiger partial charge in [0.15, 0.2) is 29.7 Å². The van der Waals surface area contributed by atoms with Crippen molar-refractivity contribution in [2.24, 2.45) is 0 Å². The fraction of sp³-hybridized carbons (Fsp3) is 0.0800. The van der Waals surface area contributed by atoms with Crippen molar-refractivity contribution in [3.8, 4) is 17.2 Å². The van der Waals surface area contributed by atoms with E-state index in [-0.39, 0.29) is 35.2 Å². The van der Waals surface area contributed by atoms with Crippen LogP contribution in [0.1, 0.15) is 26.3 Å². The number of para-hydroxylation sites is 1. The number of ether oxygens (including phenoxy) is 3. The summed E-state index contributed by atoms with van der Waals surface area (Å²) in [5, 5.41) is 0. The molecule has 3 aromatic carbocycles. The highest BCUT2D eigenvalue weighted by molar-refractivity contribution is 9.10. The van der Waals surface area contributed by atoms with Crippen molar-refractivity contribution in [2.75, 3.05) is 13.7 Å². The third kappa shape index (κ3) is 4.33. The summed E-state index contributed by atoms with van der Waals surface area (Å²) in [6.07, 6.45) is 1.51. The van der Waals surface area contributed by atoms with Crippen LogP contribution in [0.15, 0.2) is 76.8 Å². The Morgan fingerprint density at radius 3 is 2.19 bits per heavy atom. The monoisotopic (exact) mass is 492 g/mol. The van der Waals surface area contributed by atoms with Crippen molar-refractivity contribution >= 4 is 39.5 Å². The first kappa shape index (κ1) is 21.5. The molecule has 0 unspecified atom stereocenters. The van der Waals surface area contributed by atoms with E-state index in [0.29, 0.717) is 22.4 Å². The highest BCUT2D eigenvalue weighted by Gasteiger charge is 2.32. The Labute approximate surface area is 192 Å². The smallest absolute Gasteiger partial charge is 0.349 e. The van der Waals surface area contributed by atoms with Crippen molar-refractivity contribution in [1.82, 2.24) is 0 Å². The minimum Gasteiger partial charge on any atom is -0.493 e. The van der Waals surface area contributed by atoms with Crippen LogP contribution in [0.25, 0.3) is 6.08 Å². The van der Waals surface area contributed by atoms with Gasteiger partial charge in [0.25, 0.3) is 0 Å². The number of carbonyl (C=O) groups excluding carboxylic acids is 3. The molecule has 6 nitrogen and oxygen atoms in total. The zero-order chi connectivity index (χ0) is 22.7. The van der Waals surface area contributed by atoms with E-state index in [0.717, 1.165) is 4.47 Å². The summed E-state index contributed by atoms with van der Waals surface area (Å²) in [4.78, 5) is 37.4. The van der Waals surface area contributed by atoms with E-state index in [2.05, 4.69) is 15.9 Å². The summed E-state index contributed by atoms with van der Waals surface area (Å²) in [6.45, 7) is -0.293. The molecule has 0 bridgehead atoms. The average molecular weight is 493 g/mol. The lowest BCUT2D eigenvalue weighted by Crippen LogP contribution is -2.18. The number of ketones is 2. The van der Waals surface area contributed by atoms with Gasteiger partial charge in [-0.2, -0.15) is 0 Å². The molecule has 160 valence electrons. The van der Waals surface area contributed by atoms with Crippen LogP contribution < -0.4 is 14.2 Å². The van der Waals surface area contributed by atoms with Crippen LogP contribution >= 0.6 is 15.9 Å². The van der Waals surface area contributed by atoms with Gasteiger partial charge in [-0.1, -0.05) is 42.5 Å². The molecule has 0 radical (unpaired) electrons. The van der Waals surface area contributed by atoms with Crippen LogP contribution in [0.5, 0.6) is 17.2 Å². The second-order valence-electron chi connectivity index (χ2n) is 6.87. The molecule has 1 aliphatic carbocycles. The van der Waals surface area contributed by atoms with Crippen molar-refractivity contribution in [3.63, 3.8) is 0 Å². The Morgan fingerprint density at radius 2 is 1.53 bits per heavy atom. The van der Waals surface area contributed by atoms with Gasteiger partial charge in [-0.05, 0) is 51.8 Å². The van der Waals surface area contributed by atoms with E-state index < -0.39 is 5.97 Å². The Morgan fingerprint density at radius 1 is 0.875 bits per heavy atom. The van der Waals surface area contributed by atoms with Gasteiger partial charge in [-0.15, -0.1) is 0 Å². The summed E-state index contributed by atoms with van der Waals surface area (Å²) in [5.41, 5.74) is 1.44. The number of halogens is 1. The quantitative estimate of drug-likeness (QED) is 0.210. The molecule has 3 aromatic rings. The van der Waals surface area contributed by atoms with E-state index in [1.807, 2.05) is 6.07 Å². The van der Waals surface area contributed by atoms with Crippen LogP contribution in [0, 0.1) is 0 Å². The summed E-state index contributed by atoms with van der Waals surface area (Å²) < 4.78 is 16.9. The molecule has 0 aliphatic heterocycles. The average Bonchev–Trinajstić information content (AvgIpc) is 3.04. The maximum atomic E-state index is 12.6. The summed E-state index contributed by atoms with van der Waals surface area (Å²) in [7, 11) is 1.43. The van der Waals surface area contributed by atoms with Crippen LogP contribution in [0.2, 0.25) is 0 Å². The summed E-state index contributed by atoms with van der Waals surface area (Å²) in [6, 6.07) is 18.6. The number of esters is 1. The largest absolute Gasteiger partial charge is 0.493 e. The molecular weight excluding hydrogens is 476 g/mol. The normalized spacial score (nSPS) is 12.4. The molecule has 0 atom stereocenters. The summed E-state index contributed by atoms with van der Waals surface area (Å²) >= 11 is 3.35. The SMILES string of the molecule is COc1cc(C=C2C(=O)c3ccccc3C2=O)ccc1OC(=O)COc1ccccc1Br. The molecule has 0 aromatic heterocycles. The van der Waals surface area contributed by atoms with Gasteiger partial charge in [0, 0.05) is 11.1 Å². The van der Waals surface area contributed by atoms with Gasteiger partial charge in [0.05, 0.1) is 17.2 Å². The van der Waals surface area contributed by atoms with Crippen molar-refractivity contribution in [3.05, 3.63) is 93.5 Å². The Balaban J connectivity index is 1.49. The predicted molar refractivity (Wildman–Crippen MR) is 121 cm³/mol. The number of benzene rings is 3. The molecule has 0 saturated heterocycles. The van der Waals surface area contributed by atoms with E-state index >= 15 is 0 Å². The standard InChI is InChI=1S/C25H17BrO6/c1-30-22-13-15(12-18-24(28)16-6-2-3-7-17(16)25(18)29)10-11-21(22)32-23(27)14-31-20-9-5-4-8-19(20)26/h2-13H,14H2,1H3. The second-order valence-corrected chi connectivity index (χ2v) is 7.72. The van der Waals surface area contributed by atoms with Crippen molar-refractivity contribution < 1.29 is 28.6 Å². The van der Waals surface area contributed by atoms with Gasteiger partial charge >= 0.3 is 5.97 Å². The number of Topliss-reactive ketones (excluding diaryl/α,β-unsaturated/α-hetero) is 2. The van der Waals surface area contributed by atoms with Crippen molar-refractivity contribution in [2.45, 2.75) is 0 Å². The van der Waals surface area contributed by atoms with Gasteiger partial charge < -0.3 is 14.2 Å². The maximum Gasteiger partial charge on any atom is 0.349 e. The number of fused-ring (bicyclic) bond motifs is 1. The lowest BCUT2D eigenvalue weighted by atomic mass is 10.1. The number of allylic oxidation sites excluding steroid dienone is 1. The number of hydrogen-bond acceptors (Lipinski definition) is 6. The first-order valence-corrected chi connectivity index (χ1v) is 10.4. The zero-order valence-corrected chi connectivity index (χ0v) is 18.5. The van der Waals surface area contributed by atoms with E-state index in [1.165, 1.54) is 13.2 Å². The predicted octanol–water partition coefficient (Wildman–Crippen LogP) is 4.90. The molecular formula is C25H17BrO6. The molecule has 32 heavy (non-hydrogen) atoms. The Hall–Kier alpha value is -3.71. The topological polar surface area (TPSA) is 78.9 Å². The number of hydrogen-bond donors (Lipinski definition) is 0. The lowest BCUT2D eigenvalue weighted by Gasteiger charge is -2.11. The third-order valence-corrected chi connectivity index (χ3v) is 5.47. The Bertz CT molecular complexity index is 1220. The summed E-state index contributed by atoms with van der Waals surface area (Å²) in [5.74, 6) is -0.243. The molecule has 0 heterocycles. The van der Waals surface area contributed by atoms with Gasteiger partial charge in [-0.3, -0.25) is 9.59 Å². The Kier molecular flexibility index (Phi) is 6.18. The highest BCUT2D eigenvalue weighted by Crippen LogP contribution is 2.32. The lowest BCUT2D eigenvalue weighted by molar-refractivity contribution is -0.136. The number of methoxy groups -OCH3 is 1. The second kappa shape index (κ2) is 9.20. The molecule has 0 fully saturated rings. The highest BCUT2D eigenvalue weighted by atomic mass is 79.9. The molecule has 7 heteroatoms. The third-order valence-electron chi connectivity index (χ3n) is 4.81. The van der Waals surface area contributed by atoms with Gasteiger partial charge in [0.1, 0.15) is 5.75 Å². The molecule has 1 aliphatic rings. The van der Waals surface area contributed by atoms with Crippen molar-refractivity contribution in [1.29, 1.82) is 0 Å². The van der Waals surface area contributed by atoms with Crippen LogP contribution in [-0.2, 0) is 4.79 Å². The van der Waals surface area contributed by atoms with Crippen LogP contribution in [-0.4, -0.2) is 31.3 Å². The first-order chi connectivity index (χ1) is 15.5. The number of carbonyl (C=O) groups is 3. The van der Waals surface area contributed by atoms with E-state index in [1.54, 1.807) is 60.7 Å². The first-order valence-electron chi connectivity index (χ1n) is 9.64. The van der Waals surface area contributed by atoms with Gasteiger partial charge in [0.2, 0.25) is 0 Å². The minimum atomic E-state index is -0.609. The maximum absolute atomic E-state index is 12.6. The van der Waals surface area contributed by atoms with E-state index in [4.69, 9.17) is 14.2 Å². The van der Waals surface area contributed by atoms with Gasteiger partial charge in [-0.25, -0.2) is 4.79 Å². The molecule has 0 N–H and O–H groups in total. The van der Waals surface area contributed by atoms with Crippen LogP contribution in [0.3, 0.4) is 0 Å². The van der Waals surface area contributed by atoms with Crippen LogP contribution in [0.4, 0.5) is 0 Å². The fourth-order valence-corrected chi connectivity index (χ4v) is 3.68. The molecule has 0 spiro atoms. The fourth-order valence-electron chi connectivity index (χ4n) is 3.28. The van der Waals surface area contributed by atoms with E-state index in [9.17, 15) is 14.4 Å².